The molecule has 0 aliphatic heterocycles. The lowest BCUT2D eigenvalue weighted by atomic mass is 10.0. The van der Waals surface area contributed by atoms with Crippen molar-refractivity contribution < 1.29 is 39.3 Å². The standard InChI is InChI=1S/C18H33N5O8/c1-9(18(30)31)21-15(27)12(6-7-13(25)26)22-16(28)11(5-3-4-8-19)23-17(29)14(20)10(2)24/h9-12,14,24H,3-8,19-20H2,1-2H3,(H,21,27)(H,22,28)(H,23,29)(H,25,26)(H,30,31). The van der Waals surface area contributed by atoms with E-state index in [1.165, 1.54) is 13.8 Å². The third-order valence-corrected chi connectivity index (χ3v) is 4.41. The van der Waals surface area contributed by atoms with Crippen molar-refractivity contribution in [3.05, 3.63) is 0 Å². The van der Waals surface area contributed by atoms with Gasteiger partial charge in [0.2, 0.25) is 17.7 Å². The minimum Gasteiger partial charge on any atom is -0.481 e. The van der Waals surface area contributed by atoms with E-state index in [4.69, 9.17) is 21.7 Å². The van der Waals surface area contributed by atoms with Crippen LogP contribution < -0.4 is 27.4 Å². The SMILES string of the molecule is CC(NC(=O)C(CCC(=O)O)NC(=O)C(CCCCN)NC(=O)C(N)C(C)O)C(=O)O. The summed E-state index contributed by atoms with van der Waals surface area (Å²) < 4.78 is 0. The maximum atomic E-state index is 12.7. The molecule has 178 valence electrons. The number of carbonyl (C=O) groups is 5. The minimum absolute atomic E-state index is 0.153. The Bertz CT molecular complexity index is 642. The molecule has 0 radical (unpaired) electrons. The largest absolute Gasteiger partial charge is 0.481 e. The third kappa shape index (κ3) is 11.3. The van der Waals surface area contributed by atoms with Gasteiger partial charge in [0.25, 0.3) is 0 Å². The lowest BCUT2D eigenvalue weighted by molar-refractivity contribution is -0.142. The number of carboxylic acid groups (broad SMARTS) is 2. The minimum atomic E-state index is -1.34. The van der Waals surface area contributed by atoms with E-state index < -0.39 is 66.4 Å². The zero-order valence-corrected chi connectivity index (χ0v) is 17.7. The second-order valence-electron chi connectivity index (χ2n) is 7.17. The molecule has 0 heterocycles. The van der Waals surface area contributed by atoms with Gasteiger partial charge in [-0.05, 0) is 46.1 Å². The number of hydrogen-bond donors (Lipinski definition) is 8. The van der Waals surface area contributed by atoms with Crippen molar-refractivity contribution in [2.45, 2.75) is 76.2 Å². The molecule has 0 spiro atoms. The number of unbranched alkanes of at least 4 members (excludes halogenated alkanes) is 1. The van der Waals surface area contributed by atoms with E-state index in [0.29, 0.717) is 19.4 Å². The number of hydrogen-bond acceptors (Lipinski definition) is 8. The van der Waals surface area contributed by atoms with E-state index in [0.717, 1.165) is 0 Å². The van der Waals surface area contributed by atoms with Gasteiger partial charge in [-0.2, -0.15) is 0 Å². The van der Waals surface area contributed by atoms with Crippen molar-refractivity contribution >= 4 is 29.7 Å². The molecule has 0 aliphatic carbocycles. The van der Waals surface area contributed by atoms with E-state index in [-0.39, 0.29) is 12.8 Å². The molecule has 0 saturated carbocycles. The Morgan fingerprint density at radius 1 is 0.839 bits per heavy atom. The van der Waals surface area contributed by atoms with Gasteiger partial charge in [-0.1, -0.05) is 0 Å². The number of aliphatic hydroxyl groups excluding tert-OH is 1. The molecule has 5 atom stereocenters. The quantitative estimate of drug-likeness (QED) is 0.120. The molecule has 0 aromatic heterocycles. The summed E-state index contributed by atoms with van der Waals surface area (Å²) in [4.78, 5) is 59.1. The summed E-state index contributed by atoms with van der Waals surface area (Å²) in [6, 6.07) is -5.02. The van der Waals surface area contributed by atoms with Gasteiger partial charge in [-0.15, -0.1) is 0 Å². The van der Waals surface area contributed by atoms with Gasteiger partial charge in [-0.25, -0.2) is 0 Å². The Balaban J connectivity index is 5.40. The fourth-order valence-corrected chi connectivity index (χ4v) is 2.43. The first kappa shape index (κ1) is 28.2. The molecule has 0 saturated heterocycles. The maximum Gasteiger partial charge on any atom is 0.325 e. The fourth-order valence-electron chi connectivity index (χ4n) is 2.43. The van der Waals surface area contributed by atoms with Gasteiger partial charge in [0, 0.05) is 6.42 Å². The van der Waals surface area contributed by atoms with Crippen LogP contribution in [0.2, 0.25) is 0 Å². The van der Waals surface area contributed by atoms with Crippen molar-refractivity contribution in [2.75, 3.05) is 6.54 Å². The first-order chi connectivity index (χ1) is 14.4. The molecule has 0 rings (SSSR count). The van der Waals surface area contributed by atoms with Crippen LogP contribution in [0, 0.1) is 0 Å². The zero-order chi connectivity index (χ0) is 24.1. The Morgan fingerprint density at radius 2 is 1.35 bits per heavy atom. The summed E-state index contributed by atoms with van der Waals surface area (Å²) in [6.45, 7) is 2.87. The van der Waals surface area contributed by atoms with Crippen molar-refractivity contribution in [3.63, 3.8) is 0 Å². The number of rotatable bonds is 15. The van der Waals surface area contributed by atoms with Crippen molar-refractivity contribution in [1.29, 1.82) is 0 Å². The average molecular weight is 447 g/mol. The number of aliphatic carboxylic acids is 2. The second-order valence-corrected chi connectivity index (χ2v) is 7.17. The lowest BCUT2D eigenvalue weighted by Crippen LogP contribution is -2.58. The van der Waals surface area contributed by atoms with Crippen LogP contribution in [0.3, 0.4) is 0 Å². The molecule has 0 aliphatic rings. The molecule has 13 nitrogen and oxygen atoms in total. The first-order valence-electron chi connectivity index (χ1n) is 9.90. The van der Waals surface area contributed by atoms with Crippen molar-refractivity contribution in [1.82, 2.24) is 16.0 Å². The summed E-state index contributed by atoms with van der Waals surface area (Å²) in [6.07, 6.45) is -0.756. The highest BCUT2D eigenvalue weighted by molar-refractivity contribution is 5.94. The summed E-state index contributed by atoms with van der Waals surface area (Å²) >= 11 is 0. The summed E-state index contributed by atoms with van der Waals surface area (Å²) in [7, 11) is 0. The highest BCUT2D eigenvalue weighted by Crippen LogP contribution is 2.05. The molecule has 10 N–H and O–H groups in total. The fraction of sp³-hybridized carbons (Fsp3) is 0.722. The van der Waals surface area contributed by atoms with Crippen molar-refractivity contribution in [3.8, 4) is 0 Å². The van der Waals surface area contributed by atoms with Crippen LogP contribution in [0.1, 0.15) is 46.0 Å². The van der Waals surface area contributed by atoms with Crippen LogP contribution in [0.25, 0.3) is 0 Å². The van der Waals surface area contributed by atoms with E-state index in [2.05, 4.69) is 16.0 Å². The first-order valence-corrected chi connectivity index (χ1v) is 9.90. The molecular formula is C18H33N5O8. The molecule has 0 fully saturated rings. The van der Waals surface area contributed by atoms with E-state index in [1.54, 1.807) is 0 Å². The number of amides is 3. The molecule has 13 heteroatoms. The van der Waals surface area contributed by atoms with Crippen LogP contribution in [0.4, 0.5) is 0 Å². The molecule has 5 unspecified atom stereocenters. The molecule has 0 bridgehead atoms. The Kier molecular flexibility index (Phi) is 13.0. The summed E-state index contributed by atoms with van der Waals surface area (Å²) in [5, 5.41) is 34.2. The monoisotopic (exact) mass is 447 g/mol. The lowest BCUT2D eigenvalue weighted by Gasteiger charge is -2.25. The van der Waals surface area contributed by atoms with E-state index in [1.807, 2.05) is 0 Å². The van der Waals surface area contributed by atoms with Crippen LogP contribution in [-0.4, -0.2) is 81.8 Å². The smallest absolute Gasteiger partial charge is 0.325 e. The molecule has 0 aromatic carbocycles. The number of carboxylic acids is 2. The van der Waals surface area contributed by atoms with Gasteiger partial charge in [-0.3, -0.25) is 24.0 Å². The predicted molar refractivity (Wildman–Crippen MR) is 109 cm³/mol. The highest BCUT2D eigenvalue weighted by Gasteiger charge is 2.30. The van der Waals surface area contributed by atoms with Crippen LogP contribution in [-0.2, 0) is 24.0 Å². The number of nitrogens with two attached hydrogens (primary N) is 2. The molecule has 31 heavy (non-hydrogen) atoms. The number of aliphatic hydroxyl groups is 1. The van der Waals surface area contributed by atoms with E-state index in [9.17, 15) is 29.1 Å². The number of nitrogens with one attached hydrogen (secondary N) is 3. The van der Waals surface area contributed by atoms with Crippen LogP contribution >= 0.6 is 0 Å². The Labute approximate surface area is 179 Å². The normalized spacial score (nSPS) is 15.6. The molecule has 0 aromatic rings. The van der Waals surface area contributed by atoms with Gasteiger partial charge in [0.05, 0.1) is 6.10 Å². The van der Waals surface area contributed by atoms with E-state index >= 15 is 0 Å². The topological polar surface area (TPSA) is 234 Å². The third-order valence-electron chi connectivity index (χ3n) is 4.41. The maximum absolute atomic E-state index is 12.7. The molecule has 3 amide bonds. The Hall–Kier alpha value is -2.77. The second kappa shape index (κ2) is 14.3. The van der Waals surface area contributed by atoms with Gasteiger partial charge in [0.1, 0.15) is 24.2 Å². The summed E-state index contributed by atoms with van der Waals surface area (Å²) in [5.41, 5.74) is 11.0. The highest BCUT2D eigenvalue weighted by atomic mass is 16.4. The van der Waals surface area contributed by atoms with Gasteiger partial charge >= 0.3 is 11.9 Å². The molecular weight excluding hydrogens is 414 g/mol. The van der Waals surface area contributed by atoms with Crippen LogP contribution in [0.15, 0.2) is 0 Å². The van der Waals surface area contributed by atoms with Gasteiger partial charge in [0.15, 0.2) is 0 Å². The number of carbonyl (C=O) groups excluding carboxylic acids is 3. The zero-order valence-electron chi connectivity index (χ0n) is 17.7. The Morgan fingerprint density at radius 3 is 1.84 bits per heavy atom. The van der Waals surface area contributed by atoms with Crippen molar-refractivity contribution in [2.24, 2.45) is 11.5 Å². The summed E-state index contributed by atoms with van der Waals surface area (Å²) in [5.74, 6) is -4.97. The van der Waals surface area contributed by atoms with Gasteiger partial charge < -0.3 is 42.7 Å². The van der Waals surface area contributed by atoms with Crippen LogP contribution in [0.5, 0.6) is 0 Å². The predicted octanol–water partition coefficient (Wildman–Crippen LogP) is -2.75. The average Bonchev–Trinajstić information content (AvgIpc) is 2.68.